The van der Waals surface area contributed by atoms with E-state index in [2.05, 4.69) is 10.3 Å². The van der Waals surface area contributed by atoms with Gasteiger partial charge < -0.3 is 19.5 Å². The summed E-state index contributed by atoms with van der Waals surface area (Å²) in [5.41, 5.74) is 1.59. The first kappa shape index (κ1) is 22.4. The Bertz CT molecular complexity index is 1270. The summed E-state index contributed by atoms with van der Waals surface area (Å²) in [4.78, 5) is 30.1. The van der Waals surface area contributed by atoms with Crippen LogP contribution in [0.5, 0.6) is 5.75 Å². The molecule has 3 aromatic rings. The molecule has 1 saturated heterocycles. The minimum absolute atomic E-state index is 0.0321. The van der Waals surface area contributed by atoms with Crippen molar-refractivity contribution < 1.29 is 22.7 Å². The van der Waals surface area contributed by atoms with Crippen LogP contribution in [-0.4, -0.2) is 29.1 Å². The lowest BCUT2D eigenvalue weighted by Crippen LogP contribution is -2.24. The van der Waals surface area contributed by atoms with Crippen molar-refractivity contribution in [3.05, 3.63) is 75.5 Å². The molecule has 10 heteroatoms. The monoisotopic (exact) mass is 458 g/mol. The van der Waals surface area contributed by atoms with Gasteiger partial charge in [-0.05, 0) is 48.7 Å². The van der Waals surface area contributed by atoms with Crippen molar-refractivity contribution in [2.24, 2.45) is 0 Å². The highest BCUT2D eigenvalue weighted by Crippen LogP contribution is 2.29. The topological polar surface area (TPSA) is 76.5 Å². The Morgan fingerprint density at radius 3 is 2.48 bits per heavy atom. The van der Waals surface area contributed by atoms with Gasteiger partial charge in [0.05, 0.1) is 19.9 Å². The predicted molar refractivity (Wildman–Crippen MR) is 117 cm³/mol. The second-order valence-corrected chi connectivity index (χ2v) is 7.71. The van der Waals surface area contributed by atoms with Crippen molar-refractivity contribution in [3.8, 4) is 5.75 Å². The van der Waals surface area contributed by atoms with Crippen molar-refractivity contribution in [2.75, 3.05) is 23.9 Å². The van der Waals surface area contributed by atoms with E-state index in [1.54, 1.807) is 11.0 Å². The fourth-order valence-electron chi connectivity index (χ4n) is 3.68. The number of nitrogens with zero attached hydrogens (tertiary/aromatic N) is 3. The SMILES string of the molecule is COc1cn(Cc2cc(F)c(F)c(F)c2)c(Nc2cc(N3CCCC3=O)ccc2C)nc1=O. The van der Waals surface area contributed by atoms with Gasteiger partial charge in [-0.1, -0.05) is 6.07 Å². The number of aromatic nitrogens is 2. The smallest absolute Gasteiger partial charge is 0.316 e. The minimum Gasteiger partial charge on any atom is -0.490 e. The normalized spacial score (nSPS) is 13.5. The highest BCUT2D eigenvalue weighted by Gasteiger charge is 2.22. The molecular formula is C23H21F3N4O3. The quantitative estimate of drug-likeness (QED) is 0.567. The zero-order chi connectivity index (χ0) is 23.7. The Morgan fingerprint density at radius 2 is 1.85 bits per heavy atom. The lowest BCUT2D eigenvalue weighted by atomic mass is 10.1. The number of carbonyl (C=O) groups is 1. The minimum atomic E-state index is -1.56. The lowest BCUT2D eigenvalue weighted by molar-refractivity contribution is -0.117. The first-order chi connectivity index (χ1) is 15.8. The van der Waals surface area contributed by atoms with E-state index in [9.17, 15) is 22.8 Å². The molecule has 2 aromatic carbocycles. The summed E-state index contributed by atoms with van der Waals surface area (Å²) in [6, 6.07) is 7.19. The fourth-order valence-corrected chi connectivity index (χ4v) is 3.68. The van der Waals surface area contributed by atoms with Crippen LogP contribution in [0.1, 0.15) is 24.0 Å². The molecule has 0 saturated carbocycles. The molecule has 1 aromatic heterocycles. The van der Waals surface area contributed by atoms with Gasteiger partial charge >= 0.3 is 5.56 Å². The molecule has 1 aliphatic heterocycles. The highest BCUT2D eigenvalue weighted by atomic mass is 19.2. The maximum absolute atomic E-state index is 13.7. The largest absolute Gasteiger partial charge is 0.490 e. The van der Waals surface area contributed by atoms with Gasteiger partial charge in [0.2, 0.25) is 17.6 Å². The number of anilines is 3. The van der Waals surface area contributed by atoms with E-state index in [0.717, 1.165) is 24.1 Å². The van der Waals surface area contributed by atoms with Crippen LogP contribution < -0.4 is 20.5 Å². The molecule has 0 bridgehead atoms. The Labute approximate surface area is 187 Å². The van der Waals surface area contributed by atoms with Crippen molar-refractivity contribution in [1.29, 1.82) is 0 Å². The molecule has 0 atom stereocenters. The van der Waals surface area contributed by atoms with E-state index < -0.39 is 23.0 Å². The number of benzene rings is 2. The van der Waals surface area contributed by atoms with Gasteiger partial charge in [-0.3, -0.25) is 9.59 Å². The number of amides is 1. The van der Waals surface area contributed by atoms with Gasteiger partial charge in [0.25, 0.3) is 0 Å². The molecule has 2 heterocycles. The van der Waals surface area contributed by atoms with E-state index in [1.165, 1.54) is 17.9 Å². The molecule has 1 aliphatic rings. The Hall–Kier alpha value is -3.82. The Kier molecular flexibility index (Phi) is 6.08. The number of ether oxygens (including phenoxy) is 1. The van der Waals surface area contributed by atoms with E-state index >= 15 is 0 Å². The van der Waals surface area contributed by atoms with Crippen molar-refractivity contribution in [2.45, 2.75) is 26.3 Å². The predicted octanol–water partition coefficient (Wildman–Crippen LogP) is 3.90. The standard InChI is InChI=1S/C23H21F3N4O3/c1-13-5-6-15(30-7-3-4-20(30)31)10-18(13)27-23-28-22(32)19(33-2)12-29(23)11-14-8-16(24)21(26)17(25)9-14/h5-6,8-10,12H,3-4,7,11H2,1-2H3,(H,27,28,32). The maximum Gasteiger partial charge on any atom is 0.316 e. The second kappa shape index (κ2) is 8.97. The third kappa shape index (κ3) is 4.55. The number of halogens is 3. The molecule has 1 N–H and O–H groups in total. The van der Waals surface area contributed by atoms with E-state index in [1.807, 2.05) is 19.1 Å². The molecule has 0 unspecified atom stereocenters. The average Bonchev–Trinajstić information content (AvgIpc) is 3.21. The third-order valence-electron chi connectivity index (χ3n) is 5.43. The zero-order valence-corrected chi connectivity index (χ0v) is 18.0. The number of nitrogens with one attached hydrogen (secondary N) is 1. The molecule has 172 valence electrons. The number of rotatable bonds is 6. The molecule has 0 spiro atoms. The van der Waals surface area contributed by atoms with Gasteiger partial charge in [-0.15, -0.1) is 0 Å². The van der Waals surface area contributed by atoms with E-state index in [0.29, 0.717) is 24.3 Å². The van der Waals surface area contributed by atoms with Gasteiger partial charge in [0.15, 0.2) is 17.5 Å². The number of carbonyl (C=O) groups excluding carboxylic acids is 1. The van der Waals surface area contributed by atoms with Gasteiger partial charge in [-0.25, -0.2) is 13.2 Å². The number of hydrogen-bond acceptors (Lipinski definition) is 5. The van der Waals surface area contributed by atoms with Crippen molar-refractivity contribution in [3.63, 3.8) is 0 Å². The molecule has 1 fully saturated rings. The summed E-state index contributed by atoms with van der Waals surface area (Å²) in [7, 11) is 1.30. The maximum atomic E-state index is 13.7. The van der Waals surface area contributed by atoms with Gasteiger partial charge in [0.1, 0.15) is 0 Å². The van der Waals surface area contributed by atoms with Gasteiger partial charge in [0, 0.05) is 24.3 Å². The Morgan fingerprint density at radius 1 is 1.12 bits per heavy atom. The number of aryl methyl sites for hydroxylation is 1. The van der Waals surface area contributed by atoms with Crippen molar-refractivity contribution in [1.82, 2.24) is 9.55 Å². The summed E-state index contributed by atoms with van der Waals surface area (Å²) in [6.45, 7) is 2.34. The van der Waals surface area contributed by atoms with Crippen LogP contribution in [0, 0.1) is 24.4 Å². The molecule has 0 aliphatic carbocycles. The molecular weight excluding hydrogens is 437 g/mol. The summed E-state index contributed by atoms with van der Waals surface area (Å²) in [5, 5.41) is 3.07. The first-order valence-corrected chi connectivity index (χ1v) is 10.2. The summed E-state index contributed by atoms with van der Waals surface area (Å²) < 4.78 is 47.3. The highest BCUT2D eigenvalue weighted by molar-refractivity contribution is 5.96. The van der Waals surface area contributed by atoms with Crippen LogP contribution >= 0.6 is 0 Å². The zero-order valence-electron chi connectivity index (χ0n) is 18.0. The Balaban J connectivity index is 1.73. The average molecular weight is 458 g/mol. The van der Waals surface area contributed by atoms with Crippen LogP contribution in [-0.2, 0) is 11.3 Å². The van der Waals surface area contributed by atoms with E-state index in [-0.39, 0.29) is 29.7 Å². The fraction of sp³-hybridized carbons (Fsp3) is 0.261. The molecule has 0 radical (unpaired) electrons. The summed E-state index contributed by atoms with van der Waals surface area (Å²) >= 11 is 0. The van der Waals surface area contributed by atoms with Crippen LogP contribution in [0.3, 0.4) is 0 Å². The molecule has 4 rings (SSSR count). The number of hydrogen-bond donors (Lipinski definition) is 1. The van der Waals surface area contributed by atoms with Crippen LogP contribution in [0.15, 0.2) is 41.3 Å². The lowest BCUT2D eigenvalue weighted by Gasteiger charge is -2.20. The summed E-state index contributed by atoms with van der Waals surface area (Å²) in [6.07, 6.45) is 2.61. The number of methoxy groups -OCH3 is 1. The van der Waals surface area contributed by atoms with Crippen molar-refractivity contribution >= 4 is 23.2 Å². The van der Waals surface area contributed by atoms with Gasteiger partial charge in [-0.2, -0.15) is 4.98 Å². The molecule has 7 nitrogen and oxygen atoms in total. The van der Waals surface area contributed by atoms with Crippen LogP contribution in [0.2, 0.25) is 0 Å². The van der Waals surface area contributed by atoms with Crippen LogP contribution in [0.4, 0.5) is 30.5 Å². The molecule has 1 amide bonds. The third-order valence-corrected chi connectivity index (χ3v) is 5.43. The van der Waals surface area contributed by atoms with E-state index in [4.69, 9.17) is 4.74 Å². The molecule has 33 heavy (non-hydrogen) atoms. The summed E-state index contributed by atoms with van der Waals surface area (Å²) in [5.74, 6) is -4.16. The second-order valence-electron chi connectivity index (χ2n) is 7.71. The van der Waals surface area contributed by atoms with Crippen LogP contribution in [0.25, 0.3) is 0 Å². The first-order valence-electron chi connectivity index (χ1n) is 10.2.